The molecule has 0 fully saturated rings. The Morgan fingerprint density at radius 1 is 1.11 bits per heavy atom. The van der Waals surface area contributed by atoms with Gasteiger partial charge in [0.2, 0.25) is 11.7 Å². The van der Waals surface area contributed by atoms with Crippen molar-refractivity contribution >= 4 is 28.3 Å². The largest absolute Gasteiger partial charge is 0.493 e. The molecule has 1 aromatic carbocycles. The van der Waals surface area contributed by atoms with Gasteiger partial charge in [0, 0.05) is 6.42 Å². The number of anilines is 1. The number of rotatable bonds is 9. The average Bonchev–Trinajstić information content (AvgIpc) is 3.05. The quantitative estimate of drug-likeness (QED) is 0.636. The number of nitrogens with one attached hydrogen (secondary N) is 1. The highest BCUT2D eigenvalue weighted by atomic mass is 32.1. The van der Waals surface area contributed by atoms with Crippen molar-refractivity contribution in [3.63, 3.8) is 0 Å². The Labute approximate surface area is 167 Å². The maximum absolute atomic E-state index is 12.3. The number of thiazole rings is 1. The highest BCUT2D eigenvalue weighted by molar-refractivity contribution is 7.17. The predicted octanol–water partition coefficient (Wildman–Crippen LogP) is 3.23. The van der Waals surface area contributed by atoms with E-state index >= 15 is 0 Å². The van der Waals surface area contributed by atoms with Crippen LogP contribution in [-0.2, 0) is 16.0 Å². The van der Waals surface area contributed by atoms with Crippen LogP contribution >= 0.6 is 11.3 Å². The Morgan fingerprint density at radius 2 is 1.75 bits per heavy atom. The summed E-state index contributed by atoms with van der Waals surface area (Å²) in [7, 11) is 4.62. The van der Waals surface area contributed by atoms with Crippen LogP contribution in [-0.4, -0.2) is 44.8 Å². The van der Waals surface area contributed by atoms with Crippen molar-refractivity contribution in [2.75, 3.05) is 33.3 Å². The number of carbonyl (C=O) groups excluding carboxylic acids is 2. The molecule has 1 amide bonds. The molecule has 1 heterocycles. The third kappa shape index (κ3) is 5.13. The van der Waals surface area contributed by atoms with Gasteiger partial charge < -0.3 is 24.3 Å². The van der Waals surface area contributed by atoms with E-state index in [1.165, 1.54) is 7.11 Å². The lowest BCUT2D eigenvalue weighted by atomic mass is 10.1. The predicted molar refractivity (Wildman–Crippen MR) is 106 cm³/mol. The first-order valence-electron chi connectivity index (χ1n) is 8.66. The van der Waals surface area contributed by atoms with Crippen molar-refractivity contribution < 1.29 is 28.5 Å². The Morgan fingerprint density at radius 3 is 2.29 bits per heavy atom. The average molecular weight is 408 g/mol. The zero-order valence-electron chi connectivity index (χ0n) is 16.6. The van der Waals surface area contributed by atoms with E-state index < -0.39 is 5.97 Å². The van der Waals surface area contributed by atoms with Gasteiger partial charge in [-0.1, -0.05) is 11.3 Å². The maximum atomic E-state index is 12.3. The van der Waals surface area contributed by atoms with Gasteiger partial charge in [-0.05, 0) is 38.0 Å². The Bertz CT molecular complexity index is 824. The summed E-state index contributed by atoms with van der Waals surface area (Å²) in [4.78, 5) is 28.7. The molecule has 0 radical (unpaired) electrons. The molecule has 0 bridgehead atoms. The number of benzene rings is 1. The van der Waals surface area contributed by atoms with E-state index in [1.54, 1.807) is 40.2 Å². The number of aryl methyl sites for hydroxylation is 2. The Hall–Kier alpha value is -2.81. The molecule has 0 saturated carbocycles. The van der Waals surface area contributed by atoms with Crippen molar-refractivity contribution in [2.24, 2.45) is 0 Å². The van der Waals surface area contributed by atoms with Crippen molar-refractivity contribution in [1.29, 1.82) is 0 Å². The first kappa shape index (κ1) is 21.5. The zero-order valence-corrected chi connectivity index (χ0v) is 17.4. The van der Waals surface area contributed by atoms with Crippen LogP contribution < -0.4 is 19.5 Å². The lowest BCUT2D eigenvalue weighted by molar-refractivity contribution is -0.116. The molecule has 0 aliphatic carbocycles. The van der Waals surface area contributed by atoms with E-state index in [2.05, 4.69) is 10.3 Å². The topological polar surface area (TPSA) is 96.0 Å². The van der Waals surface area contributed by atoms with Gasteiger partial charge in [0.05, 0.1) is 33.6 Å². The van der Waals surface area contributed by atoms with Gasteiger partial charge in [0.25, 0.3) is 0 Å². The molecule has 9 heteroatoms. The van der Waals surface area contributed by atoms with Gasteiger partial charge >= 0.3 is 5.97 Å². The molecule has 0 unspecified atom stereocenters. The van der Waals surface area contributed by atoms with Crippen LogP contribution in [0.25, 0.3) is 0 Å². The number of hydrogen-bond acceptors (Lipinski definition) is 8. The molecular formula is C19H24N2O6S. The van der Waals surface area contributed by atoms with Crippen LogP contribution in [0.3, 0.4) is 0 Å². The molecule has 1 N–H and O–H groups in total. The minimum atomic E-state index is -0.435. The van der Waals surface area contributed by atoms with E-state index in [4.69, 9.17) is 18.9 Å². The standard InChI is InChI=1S/C19H24N2O6S/c1-6-27-18(23)17-11(2)20-19(28-17)21-15(22)8-7-12-9-13(24-3)16(26-5)14(10-12)25-4/h9-10H,6-8H2,1-5H3,(H,20,21,22). The molecule has 2 rings (SSSR count). The molecule has 0 aliphatic heterocycles. The fourth-order valence-corrected chi connectivity index (χ4v) is 3.43. The molecule has 2 aromatic rings. The third-order valence-corrected chi connectivity index (χ3v) is 4.92. The van der Waals surface area contributed by atoms with Crippen LogP contribution in [0.1, 0.15) is 34.3 Å². The molecule has 0 atom stereocenters. The molecule has 28 heavy (non-hydrogen) atoms. The fraction of sp³-hybridized carbons (Fsp3) is 0.421. The number of nitrogens with zero attached hydrogens (tertiary/aromatic N) is 1. The minimum absolute atomic E-state index is 0.210. The summed E-state index contributed by atoms with van der Waals surface area (Å²) < 4.78 is 20.9. The van der Waals surface area contributed by atoms with E-state index in [-0.39, 0.29) is 18.9 Å². The van der Waals surface area contributed by atoms with Crippen LogP contribution in [0.2, 0.25) is 0 Å². The van der Waals surface area contributed by atoms with Gasteiger partial charge in [-0.25, -0.2) is 9.78 Å². The first-order valence-corrected chi connectivity index (χ1v) is 9.48. The lowest BCUT2D eigenvalue weighted by Crippen LogP contribution is -2.12. The summed E-state index contributed by atoms with van der Waals surface area (Å²) in [6, 6.07) is 3.61. The summed E-state index contributed by atoms with van der Waals surface area (Å²) >= 11 is 1.10. The number of ether oxygens (including phenoxy) is 4. The van der Waals surface area contributed by atoms with Gasteiger partial charge in [0.15, 0.2) is 16.6 Å². The Balaban J connectivity index is 2.03. The molecule has 152 valence electrons. The summed E-state index contributed by atoms with van der Waals surface area (Å²) in [5.74, 6) is 0.926. The van der Waals surface area contributed by atoms with Crippen molar-refractivity contribution in [3.05, 3.63) is 28.3 Å². The van der Waals surface area contributed by atoms with Crippen LogP contribution in [0.4, 0.5) is 5.13 Å². The van der Waals surface area contributed by atoms with E-state index in [1.807, 2.05) is 0 Å². The highest BCUT2D eigenvalue weighted by Gasteiger charge is 2.18. The number of methoxy groups -OCH3 is 3. The van der Waals surface area contributed by atoms with E-state index in [0.29, 0.717) is 39.4 Å². The Kier molecular flexibility index (Phi) is 7.62. The second-order valence-corrected chi connectivity index (χ2v) is 6.73. The summed E-state index contributed by atoms with van der Waals surface area (Å²) in [5, 5.41) is 3.09. The molecular weight excluding hydrogens is 384 g/mol. The summed E-state index contributed by atoms with van der Waals surface area (Å²) in [6.07, 6.45) is 0.698. The third-order valence-electron chi connectivity index (χ3n) is 3.87. The molecule has 0 spiro atoms. The van der Waals surface area contributed by atoms with Crippen LogP contribution in [0, 0.1) is 6.92 Å². The van der Waals surface area contributed by atoms with Gasteiger partial charge in [-0.15, -0.1) is 0 Å². The van der Waals surface area contributed by atoms with Crippen molar-refractivity contribution in [3.8, 4) is 17.2 Å². The molecule has 8 nitrogen and oxygen atoms in total. The molecule has 0 saturated heterocycles. The monoisotopic (exact) mass is 408 g/mol. The smallest absolute Gasteiger partial charge is 0.350 e. The number of hydrogen-bond donors (Lipinski definition) is 1. The zero-order chi connectivity index (χ0) is 20.7. The molecule has 0 aliphatic rings. The number of carbonyl (C=O) groups is 2. The van der Waals surface area contributed by atoms with Crippen LogP contribution in [0.5, 0.6) is 17.2 Å². The normalized spacial score (nSPS) is 10.3. The van der Waals surface area contributed by atoms with Crippen molar-refractivity contribution in [2.45, 2.75) is 26.7 Å². The summed E-state index contributed by atoms with van der Waals surface area (Å²) in [6.45, 7) is 3.72. The van der Waals surface area contributed by atoms with Gasteiger partial charge in [0.1, 0.15) is 4.88 Å². The lowest BCUT2D eigenvalue weighted by Gasteiger charge is -2.14. The van der Waals surface area contributed by atoms with Gasteiger partial charge in [-0.3, -0.25) is 4.79 Å². The van der Waals surface area contributed by atoms with Gasteiger partial charge in [-0.2, -0.15) is 0 Å². The summed E-state index contributed by atoms with van der Waals surface area (Å²) in [5.41, 5.74) is 1.40. The number of amides is 1. The SMILES string of the molecule is CCOC(=O)c1sc(NC(=O)CCc2cc(OC)c(OC)c(OC)c2)nc1C. The van der Waals surface area contributed by atoms with E-state index in [9.17, 15) is 9.59 Å². The minimum Gasteiger partial charge on any atom is -0.493 e. The highest BCUT2D eigenvalue weighted by Crippen LogP contribution is 2.38. The van der Waals surface area contributed by atoms with Crippen molar-refractivity contribution in [1.82, 2.24) is 4.98 Å². The van der Waals surface area contributed by atoms with E-state index in [0.717, 1.165) is 16.9 Å². The second-order valence-electron chi connectivity index (χ2n) is 5.74. The first-order chi connectivity index (χ1) is 13.4. The van der Waals surface area contributed by atoms with Crippen LogP contribution in [0.15, 0.2) is 12.1 Å². The fourth-order valence-electron chi connectivity index (χ4n) is 2.56. The maximum Gasteiger partial charge on any atom is 0.350 e. The number of esters is 1. The molecule has 1 aromatic heterocycles. The second kappa shape index (κ2) is 9.93. The number of aromatic nitrogens is 1.